The summed E-state index contributed by atoms with van der Waals surface area (Å²) in [5.41, 5.74) is 4.10. The highest BCUT2D eigenvalue weighted by atomic mass is 35.5. The molecule has 1 N–H and O–H groups in total. The van der Waals surface area contributed by atoms with E-state index in [1.54, 1.807) is 43.3 Å². The molecule has 1 aliphatic heterocycles. The molecular weight excluding hydrogens is 492 g/mol. The normalized spacial score (nSPS) is 14.1. The minimum atomic E-state index is -3.72. The lowest BCUT2D eigenvalue weighted by Gasteiger charge is -2.26. The molecule has 1 fully saturated rings. The number of rotatable bonds is 9. The van der Waals surface area contributed by atoms with E-state index in [9.17, 15) is 18.0 Å². The maximum atomic E-state index is 12.3. The molecule has 2 aromatic carbocycles. The molecule has 0 aliphatic carbocycles. The molecule has 0 unspecified atom stereocenters. The molecule has 0 radical (unpaired) electrons. The molecule has 3 rings (SSSR count). The number of anilines is 1. The Morgan fingerprint density at radius 3 is 2.46 bits per heavy atom. The molecule has 11 heteroatoms. The predicted octanol–water partition coefficient (Wildman–Crippen LogP) is 2.96. The van der Waals surface area contributed by atoms with Gasteiger partial charge in [-0.05, 0) is 73.7 Å². The number of halogens is 1. The lowest BCUT2D eigenvalue weighted by Crippen LogP contribution is -2.39. The van der Waals surface area contributed by atoms with Crippen molar-refractivity contribution in [2.75, 3.05) is 36.8 Å². The molecule has 0 saturated carbocycles. The number of carbonyl (C=O) groups is 2. The van der Waals surface area contributed by atoms with Gasteiger partial charge in [-0.3, -0.25) is 13.9 Å². The van der Waals surface area contributed by atoms with Crippen LogP contribution in [0.5, 0.6) is 5.75 Å². The molecule has 188 valence electrons. The number of hydrazone groups is 1. The molecule has 1 aliphatic rings. The quantitative estimate of drug-likeness (QED) is 0.404. The van der Waals surface area contributed by atoms with E-state index < -0.39 is 22.5 Å². The first-order valence-electron chi connectivity index (χ1n) is 11.2. The number of benzene rings is 2. The van der Waals surface area contributed by atoms with Crippen LogP contribution in [0.15, 0.2) is 47.6 Å². The molecule has 9 nitrogen and oxygen atoms in total. The summed E-state index contributed by atoms with van der Waals surface area (Å²) in [4.78, 5) is 26.4. The van der Waals surface area contributed by atoms with Crippen LogP contribution in [0.25, 0.3) is 0 Å². The lowest BCUT2D eigenvalue weighted by molar-refractivity contribution is -0.134. The van der Waals surface area contributed by atoms with Crippen molar-refractivity contribution in [1.82, 2.24) is 10.3 Å². The molecular formula is C24H29ClN4O5S. The number of aryl methyl sites for hydroxylation is 1. The molecule has 1 saturated heterocycles. The molecule has 0 atom stereocenters. The topological polar surface area (TPSA) is 108 Å². The van der Waals surface area contributed by atoms with Gasteiger partial charge in [0.05, 0.1) is 18.2 Å². The van der Waals surface area contributed by atoms with Crippen LogP contribution in [-0.2, 0) is 19.6 Å². The second-order valence-corrected chi connectivity index (χ2v) is 10.6. The van der Waals surface area contributed by atoms with Gasteiger partial charge < -0.3 is 9.64 Å². The van der Waals surface area contributed by atoms with Crippen molar-refractivity contribution in [3.05, 3.63) is 58.6 Å². The second kappa shape index (κ2) is 12.0. The van der Waals surface area contributed by atoms with Gasteiger partial charge in [0.2, 0.25) is 10.0 Å². The van der Waals surface area contributed by atoms with Crippen molar-refractivity contribution in [3.8, 4) is 5.75 Å². The van der Waals surface area contributed by atoms with Gasteiger partial charge in [-0.25, -0.2) is 13.8 Å². The number of nitrogens with one attached hydrogen (secondary N) is 1. The number of nitrogens with zero attached hydrogens (tertiary/aromatic N) is 3. The van der Waals surface area contributed by atoms with Crippen LogP contribution in [0.3, 0.4) is 0 Å². The Morgan fingerprint density at radius 1 is 1.14 bits per heavy atom. The fourth-order valence-corrected chi connectivity index (χ4v) is 4.53. The molecule has 35 heavy (non-hydrogen) atoms. The van der Waals surface area contributed by atoms with Gasteiger partial charge in [-0.2, -0.15) is 5.10 Å². The zero-order chi connectivity index (χ0) is 25.4. The molecule has 0 spiro atoms. The number of hydrogen-bond donors (Lipinski definition) is 1. The van der Waals surface area contributed by atoms with Crippen LogP contribution in [-0.4, -0.2) is 63.8 Å². The van der Waals surface area contributed by atoms with E-state index in [1.807, 2.05) is 4.90 Å². The van der Waals surface area contributed by atoms with E-state index in [0.717, 1.165) is 48.5 Å². The smallest absolute Gasteiger partial charge is 0.260 e. The van der Waals surface area contributed by atoms with Crippen LogP contribution >= 0.6 is 11.6 Å². The van der Waals surface area contributed by atoms with Gasteiger partial charge in [-0.15, -0.1) is 0 Å². The summed E-state index contributed by atoms with van der Waals surface area (Å²) < 4.78 is 30.9. The maximum absolute atomic E-state index is 12.3. The zero-order valence-electron chi connectivity index (χ0n) is 19.7. The van der Waals surface area contributed by atoms with E-state index in [0.29, 0.717) is 16.3 Å². The van der Waals surface area contributed by atoms with Crippen molar-refractivity contribution in [2.24, 2.45) is 5.10 Å². The Hall–Kier alpha value is -3.11. The number of piperidine rings is 1. The third-order valence-corrected chi connectivity index (χ3v) is 7.03. The Labute approximate surface area is 210 Å². The van der Waals surface area contributed by atoms with Crippen molar-refractivity contribution < 1.29 is 22.7 Å². The summed E-state index contributed by atoms with van der Waals surface area (Å²) in [6.45, 7) is 2.90. The Bertz CT molecular complexity index is 1180. The summed E-state index contributed by atoms with van der Waals surface area (Å²) in [6.07, 6.45) is 5.66. The number of ether oxygens (including phenoxy) is 1. The summed E-state index contributed by atoms with van der Waals surface area (Å²) >= 11 is 6.10. The van der Waals surface area contributed by atoms with E-state index >= 15 is 0 Å². The molecule has 1 heterocycles. The monoisotopic (exact) mass is 520 g/mol. The van der Waals surface area contributed by atoms with Crippen LogP contribution in [0.1, 0.15) is 30.4 Å². The average Bonchev–Trinajstić information content (AvgIpc) is 2.83. The first kappa shape index (κ1) is 26.5. The number of hydrogen-bond acceptors (Lipinski definition) is 6. The standard InChI is InChI=1S/C24H29ClN4O5S/c1-18-6-9-20(14-22(18)25)29(35(2,32)33)16-23(30)27-26-15-19-7-10-21(11-8-19)34-17-24(31)28-12-4-3-5-13-28/h6-11,14-15H,3-5,12-13,16-17H2,1-2H3,(H,27,30)/b26-15-. The lowest BCUT2D eigenvalue weighted by atomic mass is 10.1. The van der Waals surface area contributed by atoms with Gasteiger partial charge in [-0.1, -0.05) is 17.7 Å². The number of sulfonamides is 1. The van der Waals surface area contributed by atoms with E-state index in [2.05, 4.69) is 10.5 Å². The Morgan fingerprint density at radius 2 is 1.83 bits per heavy atom. The van der Waals surface area contributed by atoms with Crippen molar-refractivity contribution >= 4 is 45.3 Å². The highest BCUT2D eigenvalue weighted by Gasteiger charge is 2.21. The van der Waals surface area contributed by atoms with Gasteiger partial charge in [0, 0.05) is 18.1 Å². The first-order valence-corrected chi connectivity index (χ1v) is 13.4. The fourth-order valence-electron chi connectivity index (χ4n) is 3.51. The SMILES string of the molecule is Cc1ccc(N(CC(=O)N/N=C\c2ccc(OCC(=O)N3CCCCC3)cc2)S(C)(=O)=O)cc1Cl. The summed E-state index contributed by atoms with van der Waals surface area (Å²) in [7, 11) is -3.72. The van der Waals surface area contributed by atoms with Gasteiger partial charge in [0.25, 0.3) is 11.8 Å². The third kappa shape index (κ3) is 7.97. The number of amides is 2. The summed E-state index contributed by atoms with van der Waals surface area (Å²) in [5, 5.41) is 4.29. The van der Waals surface area contributed by atoms with Crippen molar-refractivity contribution in [1.29, 1.82) is 0 Å². The van der Waals surface area contributed by atoms with Crippen LogP contribution in [0.2, 0.25) is 5.02 Å². The third-order valence-electron chi connectivity index (χ3n) is 5.48. The predicted molar refractivity (Wildman–Crippen MR) is 136 cm³/mol. The van der Waals surface area contributed by atoms with Crippen molar-refractivity contribution in [2.45, 2.75) is 26.2 Å². The highest BCUT2D eigenvalue weighted by molar-refractivity contribution is 7.92. The fraction of sp³-hybridized carbons (Fsp3) is 0.375. The minimum absolute atomic E-state index is 0.00742. The molecule has 0 bridgehead atoms. The molecule has 2 aromatic rings. The van der Waals surface area contributed by atoms with Crippen LogP contribution in [0.4, 0.5) is 5.69 Å². The van der Waals surface area contributed by atoms with E-state index in [-0.39, 0.29) is 18.2 Å². The maximum Gasteiger partial charge on any atom is 0.260 e. The van der Waals surface area contributed by atoms with Crippen molar-refractivity contribution in [3.63, 3.8) is 0 Å². The van der Waals surface area contributed by atoms with Crippen LogP contribution < -0.4 is 14.5 Å². The molecule has 2 amide bonds. The highest BCUT2D eigenvalue weighted by Crippen LogP contribution is 2.24. The zero-order valence-corrected chi connectivity index (χ0v) is 21.3. The van der Waals surface area contributed by atoms with E-state index in [1.165, 1.54) is 12.3 Å². The Kier molecular flexibility index (Phi) is 9.11. The van der Waals surface area contributed by atoms with Gasteiger partial charge >= 0.3 is 0 Å². The average molecular weight is 521 g/mol. The summed E-state index contributed by atoms with van der Waals surface area (Å²) in [6, 6.07) is 11.6. The van der Waals surface area contributed by atoms with Crippen LogP contribution in [0, 0.1) is 6.92 Å². The Balaban J connectivity index is 1.51. The number of carbonyl (C=O) groups excluding carboxylic acids is 2. The minimum Gasteiger partial charge on any atom is -0.484 e. The second-order valence-electron chi connectivity index (χ2n) is 8.30. The summed E-state index contributed by atoms with van der Waals surface area (Å²) in [5.74, 6) is -0.0780. The van der Waals surface area contributed by atoms with Gasteiger partial charge in [0.15, 0.2) is 6.61 Å². The van der Waals surface area contributed by atoms with E-state index in [4.69, 9.17) is 16.3 Å². The first-order chi connectivity index (χ1) is 16.6. The van der Waals surface area contributed by atoms with Gasteiger partial charge in [0.1, 0.15) is 12.3 Å². The molecule has 0 aromatic heterocycles. The number of likely N-dealkylation sites (tertiary alicyclic amines) is 1. The largest absolute Gasteiger partial charge is 0.484 e.